The first-order valence-corrected chi connectivity index (χ1v) is 16.3. The van der Waals surface area contributed by atoms with Gasteiger partial charge in [-0.3, -0.25) is 19.9 Å². The van der Waals surface area contributed by atoms with E-state index in [1.807, 2.05) is 12.2 Å². The number of esters is 1. The minimum atomic E-state index is -1.32. The van der Waals surface area contributed by atoms with Crippen molar-refractivity contribution in [2.24, 2.45) is 39.5 Å². The van der Waals surface area contributed by atoms with Crippen molar-refractivity contribution >= 4 is 41.0 Å². The molecule has 232 valence electrons. The van der Waals surface area contributed by atoms with Gasteiger partial charge in [0.05, 0.1) is 12.3 Å². The zero-order valence-electron chi connectivity index (χ0n) is 25.7. The molecule has 1 aromatic rings. The van der Waals surface area contributed by atoms with Crippen LogP contribution in [0, 0.1) is 45.9 Å². The number of carbonyl (C=O) groups is 2. The maximum atomic E-state index is 14.1. The number of thioether (sulfide) groups is 1. The predicted octanol–water partition coefficient (Wildman–Crippen LogP) is 4.76. The van der Waals surface area contributed by atoms with Gasteiger partial charge in [0.1, 0.15) is 5.70 Å². The lowest BCUT2D eigenvalue weighted by atomic mass is 9.45. The summed E-state index contributed by atoms with van der Waals surface area (Å²) in [5.74, 6) is -0.549. The fourth-order valence-corrected chi connectivity index (χ4v) is 10.3. The first kappa shape index (κ1) is 31.7. The largest absolute Gasteiger partial charge is 0.449 e. The Kier molecular flexibility index (Phi) is 8.86. The summed E-state index contributed by atoms with van der Waals surface area (Å²) in [5, 5.41) is 22.1. The van der Waals surface area contributed by atoms with Crippen molar-refractivity contribution in [3.8, 4) is 0 Å². The van der Waals surface area contributed by atoms with E-state index in [1.165, 1.54) is 24.1 Å². The van der Waals surface area contributed by atoms with Gasteiger partial charge in [-0.15, -0.1) is 0 Å². The molecular weight excluding hydrogens is 567 g/mol. The normalized spacial score (nSPS) is 36.9. The molecule has 0 saturated heterocycles. The number of allylic oxidation sites excluding steroid dienone is 3. The molecule has 1 heterocycles. The second kappa shape index (κ2) is 12.0. The molecule has 0 aromatic carbocycles. The van der Waals surface area contributed by atoms with Gasteiger partial charge in [0.2, 0.25) is 11.1 Å². The molecule has 0 radical (unpaired) electrons. The van der Waals surface area contributed by atoms with Crippen LogP contribution in [0.1, 0.15) is 66.2 Å². The third kappa shape index (κ3) is 5.13. The molecule has 2 unspecified atom stereocenters. The van der Waals surface area contributed by atoms with Gasteiger partial charge in [-0.25, -0.2) is 4.98 Å². The molecule has 3 saturated carbocycles. The third-order valence-electron chi connectivity index (χ3n) is 11.1. The van der Waals surface area contributed by atoms with Crippen molar-refractivity contribution in [1.29, 1.82) is 5.41 Å². The number of hydrogen-bond acceptors (Lipinski definition) is 8. The maximum absolute atomic E-state index is 14.1. The van der Waals surface area contributed by atoms with E-state index in [0.717, 1.165) is 48.0 Å². The van der Waals surface area contributed by atoms with Crippen LogP contribution in [-0.2, 0) is 14.3 Å². The molecule has 4 aliphatic rings. The minimum Gasteiger partial charge on any atom is -0.449 e. The number of nitrogens with zero attached hydrogens (tertiary/aromatic N) is 2. The van der Waals surface area contributed by atoms with Crippen LogP contribution in [0.15, 0.2) is 46.2 Å². The first-order chi connectivity index (χ1) is 20.4. The van der Waals surface area contributed by atoms with E-state index >= 15 is 0 Å². The van der Waals surface area contributed by atoms with E-state index in [4.69, 9.17) is 10.1 Å². The number of hydrogen-bond donors (Lipinski definition) is 3. The number of quaternary nitrogens is 1. The van der Waals surface area contributed by atoms with E-state index in [0.29, 0.717) is 18.6 Å². The molecule has 8 atom stereocenters. The summed E-state index contributed by atoms with van der Waals surface area (Å²) < 4.78 is 19.7. The predicted molar refractivity (Wildman–Crippen MR) is 166 cm³/mol. The lowest BCUT2D eigenvalue weighted by Gasteiger charge is -2.60. The molecule has 8 nitrogen and oxygen atoms in total. The zero-order valence-corrected chi connectivity index (χ0v) is 26.5. The fourth-order valence-electron chi connectivity index (χ4n) is 9.20. The van der Waals surface area contributed by atoms with Crippen molar-refractivity contribution in [1.82, 2.24) is 4.98 Å². The highest BCUT2D eigenvalue weighted by atomic mass is 32.2. The van der Waals surface area contributed by atoms with Crippen LogP contribution in [0.5, 0.6) is 0 Å². The number of aliphatic hydroxyl groups is 1. The number of rotatable bonds is 8. The van der Waals surface area contributed by atoms with Crippen molar-refractivity contribution in [2.45, 2.75) is 77.9 Å². The molecule has 5 rings (SSSR count). The monoisotopic (exact) mass is 611 g/mol. The number of aromatic nitrogens is 1. The first-order valence-electron chi connectivity index (χ1n) is 15.3. The van der Waals surface area contributed by atoms with E-state index in [1.54, 1.807) is 26.3 Å². The van der Waals surface area contributed by atoms with Gasteiger partial charge in [0.15, 0.2) is 11.3 Å². The fraction of sp³-hybridized carbons (Fsp3) is 0.606. The summed E-state index contributed by atoms with van der Waals surface area (Å²) in [5.41, 5.74) is 1.41. The number of aliphatic hydroxyl groups excluding tert-OH is 1. The lowest BCUT2D eigenvalue weighted by molar-refractivity contribution is -0.513. The molecule has 10 heteroatoms. The average molecular weight is 612 g/mol. The lowest BCUT2D eigenvalue weighted by Crippen LogP contribution is -2.76. The van der Waals surface area contributed by atoms with Crippen LogP contribution >= 0.6 is 11.8 Å². The third-order valence-corrected chi connectivity index (χ3v) is 11.9. The van der Waals surface area contributed by atoms with Gasteiger partial charge < -0.3 is 15.3 Å². The van der Waals surface area contributed by atoms with Crippen molar-refractivity contribution in [3.63, 3.8) is 0 Å². The van der Waals surface area contributed by atoms with Crippen LogP contribution in [0.2, 0.25) is 0 Å². The number of nitrogens with two attached hydrogens (primary N) is 1. The molecule has 0 bridgehead atoms. The number of nitrogens with one attached hydrogen (secondary N) is 1. The van der Waals surface area contributed by atoms with Crippen LogP contribution in [0.3, 0.4) is 0 Å². The molecule has 1 aromatic heterocycles. The Balaban J connectivity index is 1.49. The summed E-state index contributed by atoms with van der Waals surface area (Å²) >= 11 is 1.14. The van der Waals surface area contributed by atoms with Crippen molar-refractivity contribution in [2.75, 3.05) is 12.8 Å². The van der Waals surface area contributed by atoms with E-state index in [-0.39, 0.29) is 40.6 Å². The van der Waals surface area contributed by atoms with Crippen molar-refractivity contribution < 1.29 is 29.1 Å². The number of ether oxygens (including phenoxy) is 1. The summed E-state index contributed by atoms with van der Waals surface area (Å²) in [7, 11) is 1.67. The Hall–Kier alpha value is -2.69. The number of pyridine rings is 1. The Bertz CT molecular complexity index is 1380. The Morgan fingerprint density at radius 1 is 1.35 bits per heavy atom. The van der Waals surface area contributed by atoms with Gasteiger partial charge in [-0.2, -0.15) is 4.39 Å². The number of aliphatic imine (C=N–C) groups is 1. The van der Waals surface area contributed by atoms with E-state index in [2.05, 4.69) is 29.9 Å². The molecule has 0 spiro atoms. The summed E-state index contributed by atoms with van der Waals surface area (Å²) in [6.45, 7) is 8.06. The SMILES string of the molecule is CCC(=O)O[C@]1(C(=O)SCC=NC)[C@H](C)CC2[C@@H]3CCC4=CC([NH2+]c5ccc(F)nc5)=C(C=N)C[C@]4(C)C3[C@@H](O)C[C@@]21C. The number of carbonyl (C=O) groups excluding carboxylic acids is 2. The van der Waals surface area contributed by atoms with Crippen LogP contribution < -0.4 is 5.32 Å². The van der Waals surface area contributed by atoms with E-state index in [9.17, 15) is 19.1 Å². The standard InChI is InChI=1S/C33H43FN4O4S/c1-6-28(40)42-33(30(41)43-12-11-36-5)19(2)13-24-23-9-7-21-14-25(38-22-8-10-27(34)37-18-22)20(17-35)15-31(21,3)29(23)26(39)16-32(24,33)4/h8,10-11,14,17-19,23-24,26,29,35,38-39H,6-7,9,12-13,15-16H2,1-5H3/p+1/t19-,23+,24?,26+,29?,31+,32+,33+/m1/s1. The Labute approximate surface area is 257 Å². The summed E-state index contributed by atoms with van der Waals surface area (Å²) in [6.07, 6.45) is 9.62. The zero-order chi connectivity index (χ0) is 31.2. The van der Waals surface area contributed by atoms with Crippen LogP contribution in [0.25, 0.3) is 0 Å². The highest BCUT2D eigenvalue weighted by molar-refractivity contribution is 8.14. The molecule has 3 fully saturated rings. The highest BCUT2D eigenvalue weighted by Crippen LogP contribution is 2.70. The molecular formula is C33H44FN4O4S+. The molecule has 4 N–H and O–H groups in total. The van der Waals surface area contributed by atoms with Crippen molar-refractivity contribution in [3.05, 3.63) is 47.2 Å². The van der Waals surface area contributed by atoms with E-state index < -0.39 is 29.0 Å². The van der Waals surface area contributed by atoms with Gasteiger partial charge in [-0.05, 0) is 67.4 Å². The Morgan fingerprint density at radius 3 is 2.77 bits per heavy atom. The van der Waals surface area contributed by atoms with Crippen LogP contribution in [-0.4, -0.2) is 58.1 Å². The summed E-state index contributed by atoms with van der Waals surface area (Å²) in [6, 6.07) is 3.01. The van der Waals surface area contributed by atoms with Gasteiger partial charge in [0, 0.05) is 54.6 Å². The maximum Gasteiger partial charge on any atom is 0.306 e. The van der Waals surface area contributed by atoms with Gasteiger partial charge in [0.25, 0.3) is 0 Å². The molecule has 0 aliphatic heterocycles. The highest BCUT2D eigenvalue weighted by Gasteiger charge is 2.73. The second-order valence-corrected chi connectivity index (χ2v) is 14.2. The average Bonchev–Trinajstić information content (AvgIpc) is 3.19. The second-order valence-electron chi connectivity index (χ2n) is 13.2. The van der Waals surface area contributed by atoms with Gasteiger partial charge in [-0.1, -0.05) is 45.0 Å². The topological polar surface area (TPSA) is 129 Å². The molecule has 4 aliphatic carbocycles. The quantitative estimate of drug-likeness (QED) is 0.221. The summed E-state index contributed by atoms with van der Waals surface area (Å²) in [4.78, 5) is 34.8. The minimum absolute atomic E-state index is 0.0607. The van der Waals surface area contributed by atoms with Gasteiger partial charge >= 0.3 is 5.97 Å². The Morgan fingerprint density at radius 2 is 2.12 bits per heavy atom. The number of fused-ring (bicyclic) bond motifs is 5. The number of halogens is 1. The smallest absolute Gasteiger partial charge is 0.306 e. The molecule has 43 heavy (non-hydrogen) atoms. The molecule has 0 amide bonds. The van der Waals surface area contributed by atoms with Crippen LogP contribution in [0.4, 0.5) is 10.1 Å².